The number of carbonyl (C=O) groups is 1. The molecule has 0 aliphatic carbocycles. The number of carboxylic acids is 1. The number of ether oxygens (including phenoxy) is 2. The summed E-state index contributed by atoms with van der Waals surface area (Å²) in [5.74, 6) is -0.713. The average Bonchev–Trinajstić information content (AvgIpc) is 2.58. The van der Waals surface area contributed by atoms with Crippen molar-refractivity contribution >= 4 is 17.7 Å². The van der Waals surface area contributed by atoms with Crippen LogP contribution in [0.25, 0.3) is 6.08 Å². The third-order valence-electron chi connectivity index (χ3n) is 3.15. The number of nitro groups is 1. The Labute approximate surface area is 137 Å². The van der Waals surface area contributed by atoms with Gasteiger partial charge in [0.15, 0.2) is 11.5 Å². The fraction of sp³-hybridized carbons (Fsp3) is 0.118. The van der Waals surface area contributed by atoms with Crippen LogP contribution in [0.15, 0.2) is 48.5 Å². The van der Waals surface area contributed by atoms with E-state index in [1.54, 1.807) is 0 Å². The summed E-state index contributed by atoms with van der Waals surface area (Å²) in [4.78, 5) is 21.2. The first kappa shape index (κ1) is 17.0. The highest BCUT2D eigenvalue weighted by atomic mass is 16.6. The number of rotatable bonds is 7. The van der Waals surface area contributed by atoms with Crippen molar-refractivity contribution in [2.75, 3.05) is 7.11 Å². The van der Waals surface area contributed by atoms with Crippen molar-refractivity contribution in [2.24, 2.45) is 0 Å². The van der Waals surface area contributed by atoms with Crippen molar-refractivity contribution in [3.8, 4) is 11.5 Å². The van der Waals surface area contributed by atoms with Crippen LogP contribution in [-0.2, 0) is 11.4 Å². The molecule has 0 heterocycles. The highest BCUT2D eigenvalue weighted by molar-refractivity contribution is 5.86. The zero-order valence-corrected chi connectivity index (χ0v) is 12.8. The second-order valence-corrected chi connectivity index (χ2v) is 4.76. The Morgan fingerprint density at radius 2 is 1.96 bits per heavy atom. The summed E-state index contributed by atoms with van der Waals surface area (Å²) >= 11 is 0. The maximum absolute atomic E-state index is 11.2. The van der Waals surface area contributed by atoms with Gasteiger partial charge in [0.25, 0.3) is 5.69 Å². The maximum Gasteiger partial charge on any atom is 0.328 e. The van der Waals surface area contributed by atoms with Crippen LogP contribution in [0.3, 0.4) is 0 Å². The molecule has 1 N–H and O–H groups in total. The van der Waals surface area contributed by atoms with E-state index >= 15 is 0 Å². The van der Waals surface area contributed by atoms with E-state index in [0.717, 1.165) is 17.7 Å². The number of hydrogen-bond donors (Lipinski definition) is 1. The van der Waals surface area contributed by atoms with E-state index in [2.05, 4.69) is 0 Å². The van der Waals surface area contributed by atoms with Gasteiger partial charge in [-0.2, -0.15) is 0 Å². The summed E-state index contributed by atoms with van der Waals surface area (Å²) in [5, 5.41) is 19.9. The van der Waals surface area contributed by atoms with Crippen LogP contribution in [0.4, 0.5) is 5.69 Å². The second kappa shape index (κ2) is 7.77. The normalized spacial score (nSPS) is 10.5. The third kappa shape index (κ3) is 4.33. The highest BCUT2D eigenvalue weighted by Crippen LogP contribution is 2.35. The molecule has 0 fully saturated rings. The Balaban J connectivity index is 2.35. The van der Waals surface area contributed by atoms with Gasteiger partial charge in [0.2, 0.25) is 0 Å². The summed E-state index contributed by atoms with van der Waals surface area (Å²) in [6.45, 7) is 0.221. The first-order chi connectivity index (χ1) is 11.5. The zero-order chi connectivity index (χ0) is 17.5. The Hall–Kier alpha value is -3.35. The van der Waals surface area contributed by atoms with Gasteiger partial charge in [-0.25, -0.2) is 4.79 Å². The fourth-order valence-corrected chi connectivity index (χ4v) is 2.03. The molecule has 0 amide bonds. The van der Waals surface area contributed by atoms with E-state index in [1.807, 2.05) is 30.3 Å². The number of hydrogen-bond acceptors (Lipinski definition) is 5. The number of methoxy groups -OCH3 is 1. The van der Waals surface area contributed by atoms with Gasteiger partial charge < -0.3 is 14.6 Å². The molecule has 2 aromatic rings. The van der Waals surface area contributed by atoms with Gasteiger partial charge in [-0.15, -0.1) is 0 Å². The predicted octanol–water partition coefficient (Wildman–Crippen LogP) is 3.28. The molecule has 0 saturated heterocycles. The van der Waals surface area contributed by atoms with Crippen LogP contribution in [-0.4, -0.2) is 23.1 Å². The van der Waals surface area contributed by atoms with E-state index in [0.29, 0.717) is 0 Å². The summed E-state index contributed by atoms with van der Waals surface area (Å²) in [7, 11) is 1.40. The number of nitro benzene ring substituents is 1. The SMILES string of the molecule is COc1cc(/C=C/C(=O)O)c([N+](=O)[O-])cc1OCc1ccccc1. The number of nitrogens with zero attached hydrogens (tertiary/aromatic N) is 1. The zero-order valence-electron chi connectivity index (χ0n) is 12.8. The molecule has 2 aromatic carbocycles. The average molecular weight is 329 g/mol. The predicted molar refractivity (Wildman–Crippen MR) is 87.1 cm³/mol. The minimum atomic E-state index is -1.20. The van der Waals surface area contributed by atoms with Gasteiger partial charge in [0.05, 0.1) is 23.7 Å². The smallest absolute Gasteiger partial charge is 0.328 e. The Bertz CT molecular complexity index is 770. The standard InChI is InChI=1S/C17H15NO6/c1-23-15-9-13(7-8-17(19)20)14(18(21)22)10-16(15)24-11-12-5-3-2-4-6-12/h2-10H,11H2,1H3,(H,19,20)/b8-7+. The summed E-state index contributed by atoms with van der Waals surface area (Å²) < 4.78 is 10.8. The summed E-state index contributed by atoms with van der Waals surface area (Å²) in [6, 6.07) is 11.9. The number of carboxylic acid groups (broad SMARTS) is 1. The molecule has 24 heavy (non-hydrogen) atoms. The van der Waals surface area contributed by atoms with Crippen LogP contribution < -0.4 is 9.47 Å². The van der Waals surface area contributed by atoms with Crippen molar-refractivity contribution < 1.29 is 24.3 Å². The van der Waals surface area contributed by atoms with Gasteiger partial charge in [0.1, 0.15) is 6.61 Å². The van der Waals surface area contributed by atoms with E-state index < -0.39 is 10.9 Å². The molecule has 7 heteroatoms. The second-order valence-electron chi connectivity index (χ2n) is 4.76. The molecule has 0 bridgehead atoms. The molecular formula is C17H15NO6. The third-order valence-corrected chi connectivity index (χ3v) is 3.15. The molecule has 0 aliphatic heterocycles. The Morgan fingerprint density at radius 3 is 2.54 bits per heavy atom. The van der Waals surface area contributed by atoms with Gasteiger partial charge in [-0.3, -0.25) is 10.1 Å². The first-order valence-electron chi connectivity index (χ1n) is 6.95. The highest BCUT2D eigenvalue weighted by Gasteiger charge is 2.18. The first-order valence-corrected chi connectivity index (χ1v) is 6.95. The van der Waals surface area contributed by atoms with Crippen molar-refractivity contribution in [1.29, 1.82) is 0 Å². The lowest BCUT2D eigenvalue weighted by Gasteiger charge is -2.12. The molecule has 124 valence electrons. The minimum absolute atomic E-state index is 0.117. The van der Waals surface area contributed by atoms with Gasteiger partial charge in [-0.05, 0) is 17.7 Å². The van der Waals surface area contributed by atoms with Crippen molar-refractivity contribution in [3.05, 3.63) is 69.8 Å². The fourth-order valence-electron chi connectivity index (χ4n) is 2.03. The van der Waals surface area contributed by atoms with Crippen molar-refractivity contribution in [1.82, 2.24) is 0 Å². The monoisotopic (exact) mass is 329 g/mol. The molecule has 0 saturated carbocycles. The van der Waals surface area contributed by atoms with E-state index in [9.17, 15) is 14.9 Å². The van der Waals surface area contributed by atoms with Crippen molar-refractivity contribution in [3.63, 3.8) is 0 Å². The van der Waals surface area contributed by atoms with Crippen LogP contribution in [0.5, 0.6) is 11.5 Å². The molecule has 2 rings (SSSR count). The van der Waals surface area contributed by atoms with E-state index in [4.69, 9.17) is 14.6 Å². The number of benzene rings is 2. The lowest BCUT2D eigenvalue weighted by Crippen LogP contribution is -2.00. The largest absolute Gasteiger partial charge is 0.493 e. The molecule has 0 radical (unpaired) electrons. The van der Waals surface area contributed by atoms with Gasteiger partial charge in [-0.1, -0.05) is 30.3 Å². The molecule has 7 nitrogen and oxygen atoms in total. The lowest BCUT2D eigenvalue weighted by molar-refractivity contribution is -0.385. The minimum Gasteiger partial charge on any atom is -0.493 e. The van der Waals surface area contributed by atoms with Crippen molar-refractivity contribution in [2.45, 2.75) is 6.61 Å². The van der Waals surface area contributed by atoms with Crippen LogP contribution in [0.2, 0.25) is 0 Å². The summed E-state index contributed by atoms with van der Waals surface area (Å²) in [5.41, 5.74) is 0.750. The van der Waals surface area contributed by atoms with Crippen LogP contribution in [0.1, 0.15) is 11.1 Å². The van der Waals surface area contributed by atoms with E-state index in [-0.39, 0.29) is 29.4 Å². The number of aliphatic carboxylic acids is 1. The maximum atomic E-state index is 11.2. The van der Waals surface area contributed by atoms with Gasteiger partial charge in [0, 0.05) is 6.08 Å². The molecule has 0 aromatic heterocycles. The topological polar surface area (TPSA) is 98.9 Å². The summed E-state index contributed by atoms with van der Waals surface area (Å²) in [6.07, 6.45) is 1.97. The lowest BCUT2D eigenvalue weighted by atomic mass is 10.1. The molecular weight excluding hydrogens is 314 g/mol. The molecule has 0 spiro atoms. The quantitative estimate of drug-likeness (QED) is 0.475. The molecule has 0 aliphatic rings. The Kier molecular flexibility index (Phi) is 5.51. The van der Waals surface area contributed by atoms with Crippen LogP contribution >= 0.6 is 0 Å². The van der Waals surface area contributed by atoms with Gasteiger partial charge >= 0.3 is 5.97 Å². The van der Waals surface area contributed by atoms with Crippen LogP contribution in [0, 0.1) is 10.1 Å². The molecule has 0 unspecified atom stereocenters. The molecule has 0 atom stereocenters. The van der Waals surface area contributed by atoms with E-state index in [1.165, 1.54) is 19.2 Å². The Morgan fingerprint density at radius 1 is 1.25 bits per heavy atom.